The Bertz CT molecular complexity index is 744. The fraction of sp³-hybridized carbons (Fsp3) is 0.429. The first-order valence-corrected chi connectivity index (χ1v) is 9.49. The molecule has 0 spiro atoms. The van der Waals surface area contributed by atoms with Crippen LogP contribution in [0.3, 0.4) is 0 Å². The van der Waals surface area contributed by atoms with Crippen LogP contribution in [0.25, 0.3) is 0 Å². The van der Waals surface area contributed by atoms with Crippen LogP contribution >= 0.6 is 0 Å². The van der Waals surface area contributed by atoms with Crippen molar-refractivity contribution in [3.8, 4) is 0 Å². The van der Waals surface area contributed by atoms with Gasteiger partial charge in [-0.05, 0) is 43.4 Å². The molecule has 2 aliphatic heterocycles. The number of nitrogens with one attached hydrogen (secondary N) is 1. The molecule has 2 saturated heterocycles. The number of rotatable bonds is 5. The van der Waals surface area contributed by atoms with Gasteiger partial charge in [0.15, 0.2) is 0 Å². The van der Waals surface area contributed by atoms with Crippen LogP contribution < -0.4 is 10.2 Å². The summed E-state index contributed by atoms with van der Waals surface area (Å²) in [4.78, 5) is 19.6. The van der Waals surface area contributed by atoms with E-state index in [1.54, 1.807) is 6.20 Å². The van der Waals surface area contributed by atoms with E-state index in [9.17, 15) is 4.79 Å². The summed E-state index contributed by atoms with van der Waals surface area (Å²) >= 11 is 0. The summed E-state index contributed by atoms with van der Waals surface area (Å²) in [6.07, 6.45) is 6.19. The van der Waals surface area contributed by atoms with Crippen molar-refractivity contribution in [1.29, 1.82) is 0 Å². The highest BCUT2D eigenvalue weighted by Crippen LogP contribution is 2.36. The molecule has 2 aromatic rings. The number of benzene rings is 1. The zero-order valence-electron chi connectivity index (χ0n) is 14.9. The van der Waals surface area contributed by atoms with Gasteiger partial charge < -0.3 is 15.0 Å². The summed E-state index contributed by atoms with van der Waals surface area (Å²) in [5, 5.41) is 3.03. The van der Waals surface area contributed by atoms with Crippen LogP contribution in [0.2, 0.25) is 0 Å². The molecule has 0 saturated carbocycles. The third kappa shape index (κ3) is 3.58. The smallest absolute Gasteiger partial charge is 0.255 e. The van der Waals surface area contributed by atoms with Crippen LogP contribution in [-0.4, -0.2) is 36.7 Å². The van der Waals surface area contributed by atoms with Crippen molar-refractivity contribution >= 4 is 11.7 Å². The molecule has 2 aliphatic rings. The molecular formula is C21H25N3O2. The fourth-order valence-electron chi connectivity index (χ4n) is 3.95. The zero-order chi connectivity index (χ0) is 17.8. The van der Waals surface area contributed by atoms with Gasteiger partial charge in [0.05, 0.1) is 17.7 Å². The Kier molecular flexibility index (Phi) is 5.16. The highest BCUT2D eigenvalue weighted by Gasteiger charge is 2.30. The highest BCUT2D eigenvalue weighted by atomic mass is 16.5. The lowest BCUT2D eigenvalue weighted by Gasteiger charge is -2.27. The minimum absolute atomic E-state index is 0.0673. The SMILES string of the molecule is O=C(NC[C@@H]1CCCO1)c1cccnc1N1CCCC1c1ccccc1. The second-order valence-corrected chi connectivity index (χ2v) is 6.98. The lowest BCUT2D eigenvalue weighted by Crippen LogP contribution is -2.34. The molecule has 26 heavy (non-hydrogen) atoms. The summed E-state index contributed by atoms with van der Waals surface area (Å²) in [5.74, 6) is 0.714. The number of hydrogen-bond acceptors (Lipinski definition) is 4. The van der Waals surface area contributed by atoms with E-state index in [0.29, 0.717) is 12.1 Å². The van der Waals surface area contributed by atoms with E-state index in [-0.39, 0.29) is 18.1 Å². The maximum atomic E-state index is 12.8. The number of hydrogen-bond donors (Lipinski definition) is 1. The maximum absolute atomic E-state index is 12.8. The van der Waals surface area contributed by atoms with Crippen LogP contribution in [-0.2, 0) is 4.74 Å². The van der Waals surface area contributed by atoms with E-state index in [4.69, 9.17) is 4.74 Å². The van der Waals surface area contributed by atoms with E-state index in [1.807, 2.05) is 18.2 Å². The number of ether oxygens (including phenoxy) is 1. The molecule has 1 unspecified atom stereocenters. The van der Waals surface area contributed by atoms with Crippen molar-refractivity contribution in [2.75, 3.05) is 24.6 Å². The molecular weight excluding hydrogens is 326 g/mol. The average Bonchev–Trinajstić information content (AvgIpc) is 3.38. The topological polar surface area (TPSA) is 54.5 Å². The number of amides is 1. The molecule has 5 heteroatoms. The van der Waals surface area contributed by atoms with Crippen molar-refractivity contribution in [3.05, 3.63) is 59.8 Å². The van der Waals surface area contributed by atoms with Gasteiger partial charge in [-0.3, -0.25) is 4.79 Å². The third-order valence-corrected chi connectivity index (χ3v) is 5.25. The van der Waals surface area contributed by atoms with Crippen molar-refractivity contribution < 1.29 is 9.53 Å². The molecule has 0 bridgehead atoms. The predicted molar refractivity (Wildman–Crippen MR) is 101 cm³/mol. The Labute approximate surface area is 154 Å². The van der Waals surface area contributed by atoms with Crippen molar-refractivity contribution in [3.63, 3.8) is 0 Å². The zero-order valence-corrected chi connectivity index (χ0v) is 14.9. The molecule has 3 heterocycles. The Morgan fingerprint density at radius 2 is 2.04 bits per heavy atom. The largest absolute Gasteiger partial charge is 0.376 e. The van der Waals surface area contributed by atoms with Crippen molar-refractivity contribution in [2.45, 2.75) is 37.8 Å². The number of nitrogens with zero attached hydrogens (tertiary/aromatic N) is 2. The molecule has 1 aromatic carbocycles. The van der Waals surface area contributed by atoms with Gasteiger partial charge >= 0.3 is 0 Å². The standard InChI is InChI=1S/C21H25N3O2/c25-21(23-15-17-9-6-14-26-17)18-10-4-12-22-20(18)24-13-5-11-19(24)16-7-2-1-3-8-16/h1-4,7-8,10,12,17,19H,5-6,9,11,13-15H2,(H,23,25)/t17-,19?/m0/s1. The maximum Gasteiger partial charge on any atom is 0.255 e. The summed E-state index contributed by atoms with van der Waals surface area (Å²) < 4.78 is 5.60. The second kappa shape index (κ2) is 7.87. The van der Waals surface area contributed by atoms with Gasteiger partial charge in [-0.25, -0.2) is 4.98 Å². The molecule has 2 atom stereocenters. The molecule has 5 nitrogen and oxygen atoms in total. The third-order valence-electron chi connectivity index (χ3n) is 5.25. The van der Waals surface area contributed by atoms with Crippen molar-refractivity contribution in [2.24, 2.45) is 0 Å². The molecule has 2 fully saturated rings. The normalized spacial score (nSPS) is 22.5. The van der Waals surface area contributed by atoms with E-state index >= 15 is 0 Å². The monoisotopic (exact) mass is 351 g/mol. The van der Waals surface area contributed by atoms with Crippen molar-refractivity contribution in [1.82, 2.24) is 10.3 Å². The minimum Gasteiger partial charge on any atom is -0.376 e. The molecule has 0 radical (unpaired) electrons. The predicted octanol–water partition coefficient (Wildman–Crippen LogP) is 3.33. The average molecular weight is 351 g/mol. The lowest BCUT2D eigenvalue weighted by molar-refractivity contribution is 0.0858. The molecule has 4 rings (SSSR count). The van der Waals surface area contributed by atoms with Gasteiger partial charge in [0.2, 0.25) is 0 Å². The lowest BCUT2D eigenvalue weighted by atomic mass is 10.0. The van der Waals surface area contributed by atoms with E-state index in [0.717, 1.165) is 44.7 Å². The quantitative estimate of drug-likeness (QED) is 0.898. The first-order valence-electron chi connectivity index (χ1n) is 9.49. The first-order chi connectivity index (χ1) is 12.8. The van der Waals surface area contributed by atoms with Gasteiger partial charge in [-0.15, -0.1) is 0 Å². The van der Waals surface area contributed by atoms with E-state index < -0.39 is 0 Å². The Balaban J connectivity index is 1.54. The Morgan fingerprint density at radius 3 is 2.85 bits per heavy atom. The van der Waals surface area contributed by atoms with E-state index in [2.05, 4.69) is 39.5 Å². The van der Waals surface area contributed by atoms with E-state index in [1.165, 1.54) is 5.56 Å². The molecule has 1 aromatic heterocycles. The van der Waals surface area contributed by atoms with Crippen LogP contribution in [0.15, 0.2) is 48.7 Å². The summed E-state index contributed by atoms with van der Waals surface area (Å²) in [5.41, 5.74) is 1.93. The van der Waals surface area contributed by atoms with Crippen LogP contribution in [0.5, 0.6) is 0 Å². The fourth-order valence-corrected chi connectivity index (χ4v) is 3.95. The van der Waals surface area contributed by atoms with Crippen LogP contribution in [0, 0.1) is 0 Å². The summed E-state index contributed by atoms with van der Waals surface area (Å²) in [7, 11) is 0. The van der Waals surface area contributed by atoms with Gasteiger partial charge in [-0.1, -0.05) is 30.3 Å². The van der Waals surface area contributed by atoms with Gasteiger partial charge in [0.1, 0.15) is 5.82 Å². The van der Waals surface area contributed by atoms with Crippen LogP contribution in [0.1, 0.15) is 47.6 Å². The number of pyridine rings is 1. The van der Waals surface area contributed by atoms with Gasteiger partial charge in [0, 0.05) is 25.9 Å². The molecule has 1 N–H and O–H groups in total. The number of carbonyl (C=O) groups is 1. The number of anilines is 1. The number of carbonyl (C=O) groups excluding carboxylic acids is 1. The summed E-state index contributed by atoms with van der Waals surface area (Å²) in [6.45, 7) is 2.28. The minimum atomic E-state index is -0.0673. The van der Waals surface area contributed by atoms with Crippen LogP contribution in [0.4, 0.5) is 5.82 Å². The Hall–Kier alpha value is -2.40. The molecule has 1 amide bonds. The number of aromatic nitrogens is 1. The molecule has 136 valence electrons. The Morgan fingerprint density at radius 1 is 1.15 bits per heavy atom. The first kappa shape index (κ1) is 17.0. The molecule has 0 aliphatic carbocycles. The highest BCUT2D eigenvalue weighted by molar-refractivity contribution is 5.99. The summed E-state index contributed by atoms with van der Waals surface area (Å²) in [6, 6.07) is 14.5. The van der Waals surface area contributed by atoms with Gasteiger partial charge in [0.25, 0.3) is 5.91 Å². The second-order valence-electron chi connectivity index (χ2n) is 6.98. The van der Waals surface area contributed by atoms with Gasteiger partial charge in [-0.2, -0.15) is 0 Å².